The first-order valence-electron chi connectivity index (χ1n) is 14.1. The van der Waals surface area contributed by atoms with Crippen molar-refractivity contribution in [3.05, 3.63) is 59.8 Å². The number of rotatable bonds is 7. The summed E-state index contributed by atoms with van der Waals surface area (Å²) in [7, 11) is 0. The number of carbonyl (C=O) groups is 3. The topological polar surface area (TPSA) is 153 Å². The van der Waals surface area contributed by atoms with Crippen LogP contribution >= 0.6 is 0 Å². The van der Waals surface area contributed by atoms with Crippen molar-refractivity contribution < 1.29 is 50.9 Å². The van der Waals surface area contributed by atoms with Crippen molar-refractivity contribution in [2.24, 2.45) is 5.92 Å². The molecule has 3 aromatic rings. The molecule has 4 heterocycles. The van der Waals surface area contributed by atoms with E-state index in [0.29, 0.717) is 18.2 Å². The van der Waals surface area contributed by atoms with E-state index in [1.54, 1.807) is 12.4 Å². The molecular weight excluding hydrogens is 628 g/mol. The molecule has 0 bridgehead atoms. The van der Waals surface area contributed by atoms with E-state index in [4.69, 9.17) is 19.8 Å². The Hall–Kier alpha value is -4.32. The molecule has 1 unspecified atom stereocenters. The normalized spacial score (nSPS) is 17.5. The Morgan fingerprint density at radius 3 is 2.13 bits per heavy atom. The summed E-state index contributed by atoms with van der Waals surface area (Å²) >= 11 is 0. The third kappa shape index (κ3) is 10.6. The number of fused-ring (bicyclic) bond motifs is 1. The first-order valence-corrected chi connectivity index (χ1v) is 14.1. The van der Waals surface area contributed by atoms with Crippen molar-refractivity contribution in [2.75, 3.05) is 26.2 Å². The van der Waals surface area contributed by atoms with Crippen molar-refractivity contribution in [1.82, 2.24) is 34.7 Å². The number of hydrogen-bond acceptors (Lipinski definition) is 8. The molecule has 12 nitrogen and oxygen atoms in total. The van der Waals surface area contributed by atoms with Crippen LogP contribution in [-0.2, 0) is 16.1 Å². The van der Waals surface area contributed by atoms with E-state index in [1.807, 2.05) is 34.9 Å². The number of alkyl halides is 6. The van der Waals surface area contributed by atoms with Gasteiger partial charge in [0, 0.05) is 57.4 Å². The number of carboxylic acid groups (broad SMARTS) is 2. The number of hydrogen-bond donors (Lipinski definition) is 3. The molecule has 1 saturated carbocycles. The van der Waals surface area contributed by atoms with Gasteiger partial charge in [-0.15, -0.1) is 10.2 Å². The standard InChI is InChI=1S/C24H31N7O.2C2HF3O2/c1-17(2)30-11-10-29(14-18-5-6-18)16-21(30)23-28-27-22-8-7-20(15-31(22)23)24(32)26-13-19-4-3-9-25-12-19;2*3-2(4,5)1(6)7/h3-4,7-9,12,15,17-18,21H,5-6,10-11,13-14,16H2,1-2H3,(H,26,32);2*(H,6,7). The molecule has 1 atom stereocenters. The first kappa shape index (κ1) is 36.2. The van der Waals surface area contributed by atoms with Gasteiger partial charge in [0.15, 0.2) is 11.5 Å². The monoisotopic (exact) mass is 661 g/mol. The number of halogens is 6. The van der Waals surface area contributed by atoms with E-state index in [0.717, 1.165) is 42.6 Å². The van der Waals surface area contributed by atoms with Gasteiger partial charge in [-0.1, -0.05) is 6.07 Å². The number of piperazine rings is 1. The molecule has 2 fully saturated rings. The molecule has 1 aliphatic heterocycles. The van der Waals surface area contributed by atoms with Gasteiger partial charge in [0.05, 0.1) is 11.6 Å². The summed E-state index contributed by atoms with van der Waals surface area (Å²) in [5.74, 6) is -3.85. The summed E-state index contributed by atoms with van der Waals surface area (Å²) in [5, 5.41) is 26.2. The highest BCUT2D eigenvalue weighted by atomic mass is 19.4. The summed E-state index contributed by atoms with van der Waals surface area (Å²) in [4.78, 5) is 39.8. The molecule has 1 amide bonds. The number of nitrogens with one attached hydrogen (secondary N) is 1. The van der Waals surface area contributed by atoms with Gasteiger partial charge in [0.2, 0.25) is 0 Å². The molecule has 252 valence electrons. The van der Waals surface area contributed by atoms with Gasteiger partial charge in [-0.05, 0) is 56.4 Å². The Morgan fingerprint density at radius 1 is 0.978 bits per heavy atom. The zero-order chi connectivity index (χ0) is 34.2. The Morgan fingerprint density at radius 2 is 1.61 bits per heavy atom. The molecule has 1 aliphatic carbocycles. The van der Waals surface area contributed by atoms with Gasteiger partial charge >= 0.3 is 24.3 Å². The van der Waals surface area contributed by atoms with E-state index in [-0.39, 0.29) is 11.9 Å². The lowest BCUT2D eigenvalue weighted by atomic mass is 10.1. The van der Waals surface area contributed by atoms with Gasteiger partial charge in [-0.3, -0.25) is 24.0 Å². The minimum absolute atomic E-state index is 0.116. The predicted octanol–water partition coefficient (Wildman–Crippen LogP) is 3.80. The van der Waals surface area contributed by atoms with Crippen molar-refractivity contribution in [2.45, 2.75) is 57.7 Å². The maximum Gasteiger partial charge on any atom is 0.490 e. The van der Waals surface area contributed by atoms with Crippen LogP contribution < -0.4 is 5.32 Å². The largest absolute Gasteiger partial charge is 0.490 e. The number of pyridine rings is 2. The van der Waals surface area contributed by atoms with Crippen molar-refractivity contribution in [3.63, 3.8) is 0 Å². The highest BCUT2D eigenvalue weighted by molar-refractivity contribution is 5.94. The van der Waals surface area contributed by atoms with Crippen LogP contribution in [0.15, 0.2) is 42.9 Å². The number of nitrogens with zero attached hydrogens (tertiary/aromatic N) is 6. The maximum atomic E-state index is 12.8. The molecule has 1 saturated heterocycles. The second-order valence-electron chi connectivity index (χ2n) is 10.9. The molecule has 0 aromatic carbocycles. The van der Waals surface area contributed by atoms with Crippen LogP contribution in [-0.4, -0.2) is 102 Å². The third-order valence-electron chi connectivity index (χ3n) is 7.03. The minimum atomic E-state index is -5.08. The summed E-state index contributed by atoms with van der Waals surface area (Å²) in [6.45, 7) is 9.18. The first-order chi connectivity index (χ1) is 21.5. The Bertz CT molecular complexity index is 1450. The van der Waals surface area contributed by atoms with E-state index in [2.05, 4.69) is 44.1 Å². The van der Waals surface area contributed by atoms with Gasteiger partial charge in [-0.25, -0.2) is 9.59 Å². The Balaban J connectivity index is 0.000000345. The molecule has 18 heteroatoms. The number of carboxylic acids is 2. The second kappa shape index (κ2) is 15.3. The fourth-order valence-corrected chi connectivity index (χ4v) is 4.59. The molecule has 0 radical (unpaired) electrons. The van der Waals surface area contributed by atoms with Crippen LogP contribution in [0.4, 0.5) is 26.3 Å². The quantitative estimate of drug-likeness (QED) is 0.319. The van der Waals surface area contributed by atoms with Gasteiger partial charge in [0.1, 0.15) is 0 Å². The lowest BCUT2D eigenvalue weighted by Gasteiger charge is -2.42. The summed E-state index contributed by atoms with van der Waals surface area (Å²) in [5.41, 5.74) is 2.34. The number of carbonyl (C=O) groups excluding carboxylic acids is 1. The average molecular weight is 662 g/mol. The van der Waals surface area contributed by atoms with Crippen molar-refractivity contribution in [3.8, 4) is 0 Å². The van der Waals surface area contributed by atoms with Crippen LogP contribution in [0.25, 0.3) is 5.65 Å². The second-order valence-corrected chi connectivity index (χ2v) is 10.9. The molecule has 5 rings (SSSR count). The fraction of sp³-hybridized carbons (Fsp3) is 0.500. The van der Waals surface area contributed by atoms with Gasteiger partial charge < -0.3 is 15.5 Å². The summed E-state index contributed by atoms with van der Waals surface area (Å²) in [6, 6.07) is 8.08. The van der Waals surface area contributed by atoms with Gasteiger partial charge in [-0.2, -0.15) is 26.3 Å². The van der Waals surface area contributed by atoms with Crippen LogP contribution in [0.1, 0.15) is 54.5 Å². The molecule has 0 spiro atoms. The van der Waals surface area contributed by atoms with Crippen molar-refractivity contribution >= 4 is 23.5 Å². The molecule has 3 aromatic heterocycles. The zero-order valence-corrected chi connectivity index (χ0v) is 24.8. The van der Waals surface area contributed by atoms with E-state index >= 15 is 0 Å². The van der Waals surface area contributed by atoms with E-state index < -0.39 is 24.3 Å². The Labute approximate surface area is 259 Å². The highest BCUT2D eigenvalue weighted by Crippen LogP contribution is 2.33. The lowest BCUT2D eigenvalue weighted by molar-refractivity contribution is -0.193. The number of amides is 1. The molecule has 3 N–H and O–H groups in total. The molecule has 46 heavy (non-hydrogen) atoms. The van der Waals surface area contributed by atoms with Crippen LogP contribution in [0.5, 0.6) is 0 Å². The SMILES string of the molecule is CC(C)N1CCN(CC2CC2)CC1c1nnc2ccc(C(=O)NCc3cccnc3)cn12.O=C(O)C(F)(F)F.O=C(O)C(F)(F)F. The highest BCUT2D eigenvalue weighted by Gasteiger charge is 2.39. The van der Waals surface area contributed by atoms with E-state index in [1.165, 1.54) is 19.4 Å². The van der Waals surface area contributed by atoms with Gasteiger partial charge in [0.25, 0.3) is 5.91 Å². The van der Waals surface area contributed by atoms with E-state index in [9.17, 15) is 31.1 Å². The predicted molar refractivity (Wildman–Crippen MR) is 150 cm³/mol. The Kier molecular flexibility index (Phi) is 12.0. The van der Waals surface area contributed by atoms with Crippen LogP contribution in [0.2, 0.25) is 0 Å². The third-order valence-corrected chi connectivity index (χ3v) is 7.03. The minimum Gasteiger partial charge on any atom is -0.475 e. The number of aliphatic carboxylic acids is 2. The van der Waals surface area contributed by atoms with Crippen molar-refractivity contribution in [1.29, 1.82) is 0 Å². The number of aromatic nitrogens is 4. The molecule has 2 aliphatic rings. The smallest absolute Gasteiger partial charge is 0.475 e. The summed E-state index contributed by atoms with van der Waals surface area (Å²) < 4.78 is 65.5. The average Bonchev–Trinajstić information content (AvgIpc) is 3.70. The summed E-state index contributed by atoms with van der Waals surface area (Å²) in [6.07, 6.45) is -2.08. The molecular formula is C28H33F6N7O5. The maximum absolute atomic E-state index is 12.8. The van der Waals surface area contributed by atoms with Crippen LogP contribution in [0.3, 0.4) is 0 Å². The zero-order valence-electron chi connectivity index (χ0n) is 24.8. The fourth-order valence-electron chi connectivity index (χ4n) is 4.59. The lowest BCUT2D eigenvalue weighted by Crippen LogP contribution is -2.51. The van der Waals surface area contributed by atoms with Crippen LogP contribution in [0, 0.1) is 5.92 Å².